The van der Waals surface area contributed by atoms with E-state index in [0.717, 1.165) is 17.7 Å². The van der Waals surface area contributed by atoms with Crippen molar-refractivity contribution in [1.29, 1.82) is 0 Å². The van der Waals surface area contributed by atoms with Gasteiger partial charge in [-0.3, -0.25) is 14.5 Å². The predicted molar refractivity (Wildman–Crippen MR) is 104 cm³/mol. The van der Waals surface area contributed by atoms with Gasteiger partial charge in [0, 0.05) is 36.7 Å². The summed E-state index contributed by atoms with van der Waals surface area (Å²) < 4.78 is 13.2. The van der Waals surface area contributed by atoms with Crippen LogP contribution in [0, 0.1) is 5.82 Å². The molecule has 0 saturated carbocycles. The Morgan fingerprint density at radius 1 is 1.11 bits per heavy atom. The number of hydrogen-bond acceptors (Lipinski definition) is 4. The summed E-state index contributed by atoms with van der Waals surface area (Å²) in [5, 5.41) is 2.71. The van der Waals surface area contributed by atoms with Crippen LogP contribution in [0.3, 0.4) is 0 Å². The number of hydrogen-bond donors (Lipinski definition) is 1. The van der Waals surface area contributed by atoms with Gasteiger partial charge in [-0.05, 0) is 49.1 Å². The lowest BCUT2D eigenvalue weighted by molar-refractivity contribution is -0.117. The number of carbonyl (C=O) groups is 2. The molecule has 1 saturated heterocycles. The smallest absolute Gasteiger partial charge is 0.264 e. The third-order valence-electron chi connectivity index (χ3n) is 5.09. The summed E-state index contributed by atoms with van der Waals surface area (Å²) in [5.74, 6) is -0.437. The highest BCUT2D eigenvalue weighted by Gasteiger charge is 2.26. The van der Waals surface area contributed by atoms with Gasteiger partial charge in [0.25, 0.3) is 5.91 Å². The van der Waals surface area contributed by atoms with Gasteiger partial charge in [0.05, 0.1) is 11.4 Å². The van der Waals surface area contributed by atoms with Crippen molar-refractivity contribution in [2.75, 3.05) is 38.0 Å². The highest BCUT2D eigenvalue weighted by atomic mass is 32.1. The first kappa shape index (κ1) is 18.1. The number of amides is 2. The highest BCUT2D eigenvalue weighted by Crippen LogP contribution is 2.31. The van der Waals surface area contributed by atoms with Crippen LogP contribution in [0.5, 0.6) is 0 Å². The fraction of sp³-hybridized carbons (Fsp3) is 0.400. The van der Waals surface area contributed by atoms with Gasteiger partial charge in [-0.25, -0.2) is 4.39 Å². The van der Waals surface area contributed by atoms with Crippen molar-refractivity contribution in [1.82, 2.24) is 9.80 Å². The van der Waals surface area contributed by atoms with E-state index in [1.54, 1.807) is 23.5 Å². The van der Waals surface area contributed by atoms with E-state index in [1.807, 2.05) is 9.80 Å². The van der Waals surface area contributed by atoms with E-state index in [2.05, 4.69) is 11.4 Å². The van der Waals surface area contributed by atoms with Crippen molar-refractivity contribution in [3.8, 4) is 0 Å². The fourth-order valence-electron chi connectivity index (χ4n) is 3.67. The van der Waals surface area contributed by atoms with E-state index in [9.17, 15) is 14.0 Å². The summed E-state index contributed by atoms with van der Waals surface area (Å²) in [6.07, 6.45) is 3.39. The lowest BCUT2D eigenvalue weighted by atomic mass is 10.2. The Morgan fingerprint density at radius 3 is 2.67 bits per heavy atom. The minimum absolute atomic E-state index is 0.110. The average Bonchev–Trinajstić information content (AvgIpc) is 3.23. The molecule has 142 valence electrons. The molecular weight excluding hydrogens is 365 g/mol. The van der Waals surface area contributed by atoms with Crippen molar-refractivity contribution in [3.63, 3.8) is 0 Å². The van der Waals surface area contributed by atoms with Crippen LogP contribution in [-0.4, -0.2) is 54.3 Å². The molecule has 7 heteroatoms. The first-order valence-electron chi connectivity index (χ1n) is 9.27. The summed E-state index contributed by atoms with van der Waals surface area (Å²) in [5.41, 5.74) is 1.80. The summed E-state index contributed by atoms with van der Waals surface area (Å²) in [6.45, 7) is 2.80. The second-order valence-electron chi connectivity index (χ2n) is 7.04. The molecule has 4 rings (SSSR count). The molecular formula is C20H22FN3O2S. The van der Waals surface area contributed by atoms with Crippen LogP contribution in [0.25, 0.3) is 0 Å². The molecule has 0 atom stereocenters. The van der Waals surface area contributed by atoms with Gasteiger partial charge in [0.1, 0.15) is 5.82 Å². The van der Waals surface area contributed by atoms with Crippen LogP contribution >= 0.6 is 11.3 Å². The van der Waals surface area contributed by atoms with Crippen LogP contribution in [0.4, 0.5) is 10.1 Å². The average molecular weight is 387 g/mol. The maximum Gasteiger partial charge on any atom is 0.264 e. The third-order valence-corrected chi connectivity index (χ3v) is 6.32. The molecule has 2 amide bonds. The number of anilines is 1. The summed E-state index contributed by atoms with van der Waals surface area (Å²) in [6, 6.07) is 7.93. The zero-order valence-corrected chi connectivity index (χ0v) is 15.9. The summed E-state index contributed by atoms with van der Waals surface area (Å²) in [7, 11) is 0. The maximum atomic E-state index is 13.2. The lowest BCUT2D eigenvalue weighted by Gasteiger charge is -2.34. The van der Waals surface area contributed by atoms with Gasteiger partial charge < -0.3 is 10.2 Å². The summed E-state index contributed by atoms with van der Waals surface area (Å²) in [4.78, 5) is 31.0. The topological polar surface area (TPSA) is 52.7 Å². The largest absolute Gasteiger partial charge is 0.335 e. The normalized spacial score (nSPS) is 17.0. The molecule has 0 unspecified atom stereocenters. The fourth-order valence-corrected chi connectivity index (χ4v) is 4.89. The Labute approximate surface area is 161 Å². The summed E-state index contributed by atoms with van der Waals surface area (Å²) >= 11 is 1.64. The van der Waals surface area contributed by atoms with E-state index in [0.29, 0.717) is 31.9 Å². The van der Waals surface area contributed by atoms with Crippen molar-refractivity contribution in [3.05, 3.63) is 51.5 Å². The molecule has 27 heavy (non-hydrogen) atoms. The van der Waals surface area contributed by atoms with E-state index < -0.39 is 0 Å². The number of nitrogens with zero attached hydrogens (tertiary/aromatic N) is 2. The number of aryl methyl sites for hydroxylation is 2. The van der Waals surface area contributed by atoms with Gasteiger partial charge in [-0.2, -0.15) is 0 Å². The lowest BCUT2D eigenvalue weighted by Crippen LogP contribution is -2.50. The van der Waals surface area contributed by atoms with Crippen LogP contribution in [-0.2, 0) is 17.6 Å². The number of carbonyl (C=O) groups excluding carboxylic acids is 2. The Kier molecular flexibility index (Phi) is 5.22. The Morgan fingerprint density at radius 2 is 1.93 bits per heavy atom. The van der Waals surface area contributed by atoms with Gasteiger partial charge >= 0.3 is 0 Å². The number of halogens is 1. The number of nitrogens with one attached hydrogen (secondary N) is 1. The Balaban J connectivity index is 1.27. The molecule has 5 nitrogen and oxygen atoms in total. The van der Waals surface area contributed by atoms with Gasteiger partial charge in [-0.15, -0.1) is 11.3 Å². The Bertz CT molecular complexity index is 837. The quantitative estimate of drug-likeness (QED) is 0.878. The van der Waals surface area contributed by atoms with Crippen molar-refractivity contribution < 1.29 is 14.0 Å². The van der Waals surface area contributed by atoms with Crippen molar-refractivity contribution in [2.45, 2.75) is 19.3 Å². The molecule has 1 aliphatic heterocycles. The number of piperazine rings is 1. The molecule has 2 heterocycles. The second-order valence-corrected chi connectivity index (χ2v) is 8.18. The van der Waals surface area contributed by atoms with Gasteiger partial charge in [0.2, 0.25) is 5.91 Å². The van der Waals surface area contributed by atoms with Gasteiger partial charge in [0.15, 0.2) is 0 Å². The molecule has 0 bridgehead atoms. The third kappa shape index (κ3) is 4.20. The van der Waals surface area contributed by atoms with Crippen LogP contribution in [0.15, 0.2) is 30.3 Å². The molecule has 1 aromatic carbocycles. The van der Waals surface area contributed by atoms with E-state index in [4.69, 9.17) is 0 Å². The molecule has 0 spiro atoms. The highest BCUT2D eigenvalue weighted by molar-refractivity contribution is 7.14. The SMILES string of the molecule is O=C(CN1CCN(C(=O)c2cc3c(s2)CCC3)CC1)Nc1cccc(F)c1. The molecule has 2 aliphatic rings. The van der Waals surface area contributed by atoms with Crippen LogP contribution in [0.2, 0.25) is 0 Å². The second kappa shape index (κ2) is 7.78. The first-order valence-corrected chi connectivity index (χ1v) is 10.1. The number of fused-ring (bicyclic) bond motifs is 1. The molecule has 1 aliphatic carbocycles. The minimum Gasteiger partial charge on any atom is -0.335 e. The number of thiophene rings is 1. The van der Waals surface area contributed by atoms with E-state index >= 15 is 0 Å². The molecule has 1 N–H and O–H groups in total. The van der Waals surface area contributed by atoms with E-state index in [-0.39, 0.29) is 24.2 Å². The standard InChI is InChI=1S/C20H22FN3O2S/c21-15-4-2-5-16(12-15)22-19(25)13-23-7-9-24(10-8-23)20(26)18-11-14-3-1-6-17(14)27-18/h2,4-5,11-12H,1,3,6-10,13H2,(H,22,25). The zero-order valence-electron chi connectivity index (χ0n) is 15.0. The molecule has 1 fully saturated rings. The zero-order chi connectivity index (χ0) is 18.8. The minimum atomic E-state index is -0.375. The van der Waals surface area contributed by atoms with Gasteiger partial charge in [-0.1, -0.05) is 6.07 Å². The maximum absolute atomic E-state index is 13.2. The number of rotatable bonds is 4. The number of benzene rings is 1. The first-order chi connectivity index (χ1) is 13.1. The van der Waals surface area contributed by atoms with Crippen LogP contribution in [0.1, 0.15) is 26.5 Å². The van der Waals surface area contributed by atoms with Crippen molar-refractivity contribution in [2.24, 2.45) is 0 Å². The van der Waals surface area contributed by atoms with Crippen LogP contribution < -0.4 is 5.32 Å². The molecule has 0 radical (unpaired) electrons. The Hall–Kier alpha value is -2.25. The molecule has 2 aromatic rings. The van der Waals surface area contributed by atoms with E-state index in [1.165, 1.54) is 29.0 Å². The molecule has 1 aromatic heterocycles. The van der Waals surface area contributed by atoms with Crippen molar-refractivity contribution >= 4 is 28.8 Å². The monoisotopic (exact) mass is 387 g/mol. The predicted octanol–water partition coefficient (Wildman–Crippen LogP) is 2.77.